The fourth-order valence-electron chi connectivity index (χ4n) is 1.83. The number of aromatic nitrogens is 2. The molecule has 0 saturated carbocycles. The number of benzene rings is 1. The molecule has 114 valence electrons. The molecule has 7 nitrogen and oxygen atoms in total. The van der Waals surface area contributed by atoms with Gasteiger partial charge in [-0.25, -0.2) is 9.99 Å². The van der Waals surface area contributed by atoms with E-state index in [-0.39, 0.29) is 0 Å². The van der Waals surface area contributed by atoms with E-state index < -0.39 is 0 Å². The highest BCUT2D eigenvalue weighted by atomic mass is 15.5. The largest absolute Gasteiger partial charge is 0.373 e. The number of nitrogens with zero attached hydrogens (tertiary/aromatic N) is 5. The van der Waals surface area contributed by atoms with Crippen molar-refractivity contribution in [3.05, 3.63) is 48.8 Å². The molecule has 0 aliphatic rings. The van der Waals surface area contributed by atoms with Gasteiger partial charge in [-0.1, -0.05) is 17.9 Å². The van der Waals surface area contributed by atoms with Crippen molar-refractivity contribution in [1.29, 1.82) is 0 Å². The van der Waals surface area contributed by atoms with Crippen LogP contribution in [0.25, 0.3) is 0 Å². The van der Waals surface area contributed by atoms with Gasteiger partial charge in [0.2, 0.25) is 5.95 Å². The monoisotopic (exact) mass is 297 g/mol. The Morgan fingerprint density at radius 2 is 2.09 bits per heavy atom. The third kappa shape index (κ3) is 4.02. The Morgan fingerprint density at radius 1 is 1.27 bits per heavy atom. The van der Waals surface area contributed by atoms with Crippen LogP contribution in [0, 0.1) is 6.92 Å². The molecule has 0 bridgehead atoms. The standard InChI is InChI=1S/C15H19N7/c1-5-17-21-22(4)13-8-6-7-12(10-13)19-15-18-11(2)9-14(16-3)20-15/h5-10H,1H2,2-4H3,(H2,16,18,19,20)/b21-17-. The Labute approximate surface area is 129 Å². The minimum atomic E-state index is 0.539. The molecule has 0 radical (unpaired) electrons. The van der Waals surface area contributed by atoms with Gasteiger partial charge in [0.25, 0.3) is 0 Å². The maximum atomic E-state index is 4.37. The molecule has 1 aromatic heterocycles. The van der Waals surface area contributed by atoms with Crippen LogP contribution in [0.3, 0.4) is 0 Å². The van der Waals surface area contributed by atoms with Gasteiger partial charge in [0, 0.05) is 37.7 Å². The molecule has 0 atom stereocenters. The van der Waals surface area contributed by atoms with E-state index in [9.17, 15) is 0 Å². The molecule has 22 heavy (non-hydrogen) atoms. The summed E-state index contributed by atoms with van der Waals surface area (Å²) in [6, 6.07) is 9.61. The third-order valence-electron chi connectivity index (χ3n) is 2.85. The van der Waals surface area contributed by atoms with Gasteiger partial charge in [-0.05, 0) is 25.1 Å². The zero-order valence-corrected chi connectivity index (χ0v) is 12.9. The first-order chi connectivity index (χ1) is 10.6. The van der Waals surface area contributed by atoms with E-state index in [1.807, 2.05) is 51.4 Å². The van der Waals surface area contributed by atoms with E-state index in [1.165, 1.54) is 6.20 Å². The zero-order valence-electron chi connectivity index (χ0n) is 12.9. The smallest absolute Gasteiger partial charge is 0.229 e. The van der Waals surface area contributed by atoms with Crippen LogP contribution in [-0.2, 0) is 0 Å². The van der Waals surface area contributed by atoms with E-state index in [2.05, 4.69) is 37.5 Å². The fourth-order valence-corrected chi connectivity index (χ4v) is 1.83. The van der Waals surface area contributed by atoms with Crippen LogP contribution in [-0.4, -0.2) is 24.1 Å². The molecule has 0 fully saturated rings. The Balaban J connectivity index is 2.21. The quantitative estimate of drug-likeness (QED) is 0.630. The lowest BCUT2D eigenvalue weighted by Crippen LogP contribution is -2.07. The highest BCUT2D eigenvalue weighted by Gasteiger charge is 2.04. The lowest BCUT2D eigenvalue weighted by molar-refractivity contribution is 0.922. The summed E-state index contributed by atoms with van der Waals surface area (Å²) in [5.74, 6) is 1.31. The van der Waals surface area contributed by atoms with Gasteiger partial charge in [0.1, 0.15) is 5.82 Å². The second-order valence-electron chi connectivity index (χ2n) is 4.55. The lowest BCUT2D eigenvalue weighted by Gasteiger charge is -2.13. The first-order valence-electron chi connectivity index (χ1n) is 6.78. The summed E-state index contributed by atoms with van der Waals surface area (Å²) in [4.78, 5) is 8.74. The molecule has 0 amide bonds. The molecule has 0 aliphatic heterocycles. The van der Waals surface area contributed by atoms with E-state index in [1.54, 1.807) is 5.01 Å². The summed E-state index contributed by atoms with van der Waals surface area (Å²) in [5, 5.41) is 15.6. The molecule has 1 aromatic carbocycles. The van der Waals surface area contributed by atoms with E-state index in [0.29, 0.717) is 5.95 Å². The van der Waals surface area contributed by atoms with Gasteiger partial charge < -0.3 is 10.6 Å². The summed E-state index contributed by atoms with van der Waals surface area (Å²) >= 11 is 0. The van der Waals surface area contributed by atoms with Crippen molar-refractivity contribution >= 4 is 23.1 Å². The van der Waals surface area contributed by atoms with Crippen molar-refractivity contribution in [1.82, 2.24) is 9.97 Å². The highest BCUT2D eigenvalue weighted by Crippen LogP contribution is 2.21. The average molecular weight is 297 g/mol. The van der Waals surface area contributed by atoms with Crippen LogP contribution in [0.5, 0.6) is 0 Å². The van der Waals surface area contributed by atoms with Crippen LogP contribution in [0.2, 0.25) is 0 Å². The number of anilines is 4. The fraction of sp³-hybridized carbons (Fsp3) is 0.200. The predicted octanol–water partition coefficient (Wildman–Crippen LogP) is 3.52. The first-order valence-corrected chi connectivity index (χ1v) is 6.78. The Morgan fingerprint density at radius 3 is 2.82 bits per heavy atom. The van der Waals surface area contributed by atoms with Crippen molar-refractivity contribution in [2.75, 3.05) is 29.7 Å². The molecule has 2 rings (SSSR count). The van der Waals surface area contributed by atoms with Gasteiger partial charge in [0.05, 0.1) is 5.69 Å². The average Bonchev–Trinajstić information content (AvgIpc) is 2.52. The summed E-state index contributed by atoms with van der Waals surface area (Å²) in [7, 11) is 3.64. The van der Waals surface area contributed by atoms with Gasteiger partial charge in [-0.3, -0.25) is 0 Å². The number of hydrogen-bond donors (Lipinski definition) is 2. The molecule has 0 unspecified atom stereocenters. The Hall–Kier alpha value is -2.96. The zero-order chi connectivity index (χ0) is 15.9. The van der Waals surface area contributed by atoms with Gasteiger partial charge in [-0.2, -0.15) is 4.98 Å². The minimum Gasteiger partial charge on any atom is -0.373 e. The van der Waals surface area contributed by atoms with Crippen molar-refractivity contribution in [2.24, 2.45) is 10.3 Å². The highest BCUT2D eigenvalue weighted by molar-refractivity contribution is 5.62. The van der Waals surface area contributed by atoms with Crippen molar-refractivity contribution in [2.45, 2.75) is 6.92 Å². The van der Waals surface area contributed by atoms with Crippen molar-refractivity contribution < 1.29 is 0 Å². The Kier molecular flexibility index (Phi) is 5.02. The molecule has 1 heterocycles. The van der Waals surface area contributed by atoms with E-state index in [4.69, 9.17) is 0 Å². The summed E-state index contributed by atoms with van der Waals surface area (Å²) in [5.41, 5.74) is 2.64. The molecular weight excluding hydrogens is 278 g/mol. The topological polar surface area (TPSA) is 77.8 Å². The van der Waals surface area contributed by atoms with Gasteiger partial charge in [-0.15, -0.1) is 5.11 Å². The molecule has 0 saturated heterocycles. The van der Waals surface area contributed by atoms with E-state index >= 15 is 0 Å². The van der Waals surface area contributed by atoms with E-state index in [0.717, 1.165) is 22.9 Å². The molecule has 2 N–H and O–H groups in total. The maximum absolute atomic E-state index is 4.37. The van der Waals surface area contributed by atoms with Crippen molar-refractivity contribution in [3.8, 4) is 0 Å². The molecule has 7 heteroatoms. The summed E-state index contributed by atoms with van der Waals surface area (Å²) in [6.45, 7) is 5.43. The van der Waals surface area contributed by atoms with Crippen LogP contribution in [0.1, 0.15) is 5.69 Å². The molecule has 0 aliphatic carbocycles. The molecular formula is C15H19N7. The second kappa shape index (κ2) is 7.16. The normalized spacial score (nSPS) is 10.5. The molecule has 2 aromatic rings. The number of hydrogen-bond acceptors (Lipinski definition) is 6. The van der Waals surface area contributed by atoms with Gasteiger partial charge in [0.15, 0.2) is 0 Å². The first kappa shape index (κ1) is 15.4. The predicted molar refractivity (Wildman–Crippen MR) is 89.5 cm³/mol. The molecule has 0 spiro atoms. The van der Waals surface area contributed by atoms with Crippen molar-refractivity contribution in [3.63, 3.8) is 0 Å². The third-order valence-corrected chi connectivity index (χ3v) is 2.85. The second-order valence-corrected chi connectivity index (χ2v) is 4.55. The maximum Gasteiger partial charge on any atom is 0.229 e. The van der Waals surface area contributed by atoms with Crippen LogP contribution >= 0.6 is 0 Å². The lowest BCUT2D eigenvalue weighted by atomic mass is 10.3. The van der Waals surface area contributed by atoms with Crippen LogP contribution in [0.4, 0.5) is 23.1 Å². The minimum absolute atomic E-state index is 0.539. The number of nitrogens with one attached hydrogen (secondary N) is 2. The summed E-state index contributed by atoms with van der Waals surface area (Å²) in [6.07, 6.45) is 1.39. The van der Waals surface area contributed by atoms with Gasteiger partial charge >= 0.3 is 0 Å². The SMILES string of the molecule is C=C/N=N\N(C)c1cccc(Nc2nc(C)cc(NC)n2)c1. The summed E-state index contributed by atoms with van der Waals surface area (Å²) < 4.78 is 0. The number of aryl methyl sites for hydroxylation is 1. The van der Waals surface area contributed by atoms with Crippen LogP contribution < -0.4 is 15.6 Å². The Bertz CT molecular complexity index is 681. The number of rotatable bonds is 6. The van der Waals surface area contributed by atoms with Crippen LogP contribution in [0.15, 0.2) is 53.4 Å².